The summed E-state index contributed by atoms with van der Waals surface area (Å²) in [6, 6.07) is 5.36. The summed E-state index contributed by atoms with van der Waals surface area (Å²) in [5, 5.41) is 4.26. The number of nitrogens with zero attached hydrogens (tertiary/aromatic N) is 7. The molecule has 7 rings (SSSR count). The fourth-order valence-corrected chi connectivity index (χ4v) is 6.82. The van der Waals surface area contributed by atoms with Gasteiger partial charge in [-0.3, -0.25) is 9.88 Å². The van der Waals surface area contributed by atoms with Crippen LogP contribution in [-0.2, 0) is 7.05 Å². The summed E-state index contributed by atoms with van der Waals surface area (Å²) in [6.45, 7) is 7.57. The van der Waals surface area contributed by atoms with Gasteiger partial charge in [0.2, 0.25) is 0 Å². The minimum absolute atomic E-state index is 0.189. The van der Waals surface area contributed by atoms with Gasteiger partial charge in [-0.05, 0) is 58.2 Å². The number of piperazine rings is 1. The SMILES string of the molecule is CC(C)N1CCC[C@H]1COc1nc(N2CC3CCC(C2)N3)c2cnc(-c3cn(C)c4ccc(N)nc34)c(F)c2n1. The zero-order valence-corrected chi connectivity index (χ0v) is 23.3. The van der Waals surface area contributed by atoms with Crippen LogP contribution in [0, 0.1) is 5.82 Å². The number of fused-ring (bicyclic) bond motifs is 4. The molecule has 210 valence electrons. The van der Waals surface area contributed by atoms with Gasteiger partial charge in [-0.1, -0.05) is 0 Å². The molecule has 3 atom stereocenters. The molecule has 2 bridgehead atoms. The van der Waals surface area contributed by atoms with Crippen molar-refractivity contribution in [2.24, 2.45) is 7.05 Å². The van der Waals surface area contributed by atoms with E-state index in [0.717, 1.165) is 50.8 Å². The molecule has 0 aliphatic carbocycles. The Kier molecular flexibility index (Phi) is 6.23. The number of halogens is 1. The minimum atomic E-state index is -0.509. The van der Waals surface area contributed by atoms with Crippen molar-refractivity contribution < 1.29 is 9.13 Å². The summed E-state index contributed by atoms with van der Waals surface area (Å²) in [5.74, 6) is 0.548. The summed E-state index contributed by atoms with van der Waals surface area (Å²) in [6.07, 6.45) is 8.01. The van der Waals surface area contributed by atoms with E-state index in [2.05, 4.69) is 43.9 Å². The van der Waals surface area contributed by atoms with E-state index in [0.29, 0.717) is 58.9 Å². The van der Waals surface area contributed by atoms with E-state index in [-0.39, 0.29) is 17.2 Å². The van der Waals surface area contributed by atoms with Gasteiger partial charge in [-0.25, -0.2) is 9.37 Å². The van der Waals surface area contributed by atoms with Crippen LogP contribution in [0.1, 0.15) is 39.5 Å². The van der Waals surface area contributed by atoms with Crippen molar-refractivity contribution in [2.45, 2.75) is 63.7 Å². The smallest absolute Gasteiger partial charge is 0.319 e. The van der Waals surface area contributed by atoms with Gasteiger partial charge in [0.1, 0.15) is 35.0 Å². The fraction of sp³-hybridized carbons (Fsp3) is 0.517. The van der Waals surface area contributed by atoms with Crippen LogP contribution in [-0.4, -0.2) is 79.8 Å². The predicted molar refractivity (Wildman–Crippen MR) is 154 cm³/mol. The monoisotopic (exact) mass is 545 g/mol. The van der Waals surface area contributed by atoms with Crippen LogP contribution in [0.15, 0.2) is 24.5 Å². The first-order valence-electron chi connectivity index (χ1n) is 14.3. The normalized spacial score (nSPS) is 23.2. The van der Waals surface area contributed by atoms with Crippen molar-refractivity contribution in [3.8, 4) is 17.3 Å². The second-order valence-electron chi connectivity index (χ2n) is 11.8. The molecule has 0 saturated carbocycles. The first kappa shape index (κ1) is 25.4. The average Bonchev–Trinajstić information content (AvgIpc) is 3.64. The standard InChI is InChI=1S/C29H36FN9O/c1-16(2)39-10-4-5-19(39)15-40-29-35-27-20(28(36-29)38-12-17-6-7-18(13-38)33-17)11-32-26(24(27)30)21-14-37(3)22-8-9-23(31)34-25(21)22/h8-9,11,14,16-19,33H,4-7,10,12-13,15H2,1-3H3,(H2,31,34)/t17?,18?,19-/m0/s1. The Morgan fingerprint density at radius 3 is 2.67 bits per heavy atom. The number of aryl methyl sites for hydroxylation is 1. The lowest BCUT2D eigenvalue weighted by molar-refractivity contribution is 0.138. The summed E-state index contributed by atoms with van der Waals surface area (Å²) in [5.41, 5.74) is 8.41. The highest BCUT2D eigenvalue weighted by Gasteiger charge is 2.34. The van der Waals surface area contributed by atoms with Crippen LogP contribution in [0.5, 0.6) is 6.01 Å². The quantitative estimate of drug-likeness (QED) is 0.376. The van der Waals surface area contributed by atoms with Crippen molar-refractivity contribution in [1.29, 1.82) is 0 Å². The molecule has 7 heterocycles. The fourth-order valence-electron chi connectivity index (χ4n) is 6.82. The Morgan fingerprint density at radius 2 is 1.90 bits per heavy atom. The number of ether oxygens (including phenoxy) is 1. The van der Waals surface area contributed by atoms with Crippen molar-refractivity contribution in [2.75, 3.05) is 36.9 Å². The van der Waals surface area contributed by atoms with E-state index >= 15 is 4.39 Å². The third-order valence-corrected chi connectivity index (χ3v) is 8.76. The number of hydrogen-bond donors (Lipinski definition) is 2. The summed E-state index contributed by atoms with van der Waals surface area (Å²) in [7, 11) is 1.90. The summed E-state index contributed by atoms with van der Waals surface area (Å²) in [4.78, 5) is 23.3. The van der Waals surface area contributed by atoms with Gasteiger partial charge in [0.25, 0.3) is 0 Å². The molecule has 0 spiro atoms. The van der Waals surface area contributed by atoms with Crippen LogP contribution >= 0.6 is 0 Å². The maximum atomic E-state index is 16.5. The number of nitrogen functional groups attached to an aromatic ring is 1. The van der Waals surface area contributed by atoms with Gasteiger partial charge in [-0.15, -0.1) is 0 Å². The molecule has 0 aromatic carbocycles. The van der Waals surface area contributed by atoms with Crippen molar-refractivity contribution in [1.82, 2.24) is 34.7 Å². The van der Waals surface area contributed by atoms with Gasteiger partial charge in [0.05, 0.1) is 10.9 Å². The Hall–Kier alpha value is -3.57. The maximum Gasteiger partial charge on any atom is 0.319 e. The molecule has 3 aliphatic heterocycles. The van der Waals surface area contributed by atoms with Crippen LogP contribution in [0.2, 0.25) is 0 Å². The summed E-state index contributed by atoms with van der Waals surface area (Å²) >= 11 is 0. The molecule has 40 heavy (non-hydrogen) atoms. The molecular formula is C29H36FN9O. The topological polar surface area (TPSA) is 110 Å². The number of anilines is 2. The van der Waals surface area contributed by atoms with Crippen LogP contribution in [0.25, 0.3) is 33.2 Å². The molecule has 4 aromatic heterocycles. The maximum absolute atomic E-state index is 16.5. The van der Waals surface area contributed by atoms with E-state index in [1.807, 2.05) is 23.9 Å². The van der Waals surface area contributed by atoms with Gasteiger partial charge in [0.15, 0.2) is 5.82 Å². The molecular weight excluding hydrogens is 509 g/mol. The lowest BCUT2D eigenvalue weighted by Crippen LogP contribution is -2.51. The van der Waals surface area contributed by atoms with Gasteiger partial charge in [0, 0.05) is 62.3 Å². The van der Waals surface area contributed by atoms with E-state index in [1.165, 1.54) is 0 Å². The first-order valence-corrected chi connectivity index (χ1v) is 14.3. The highest BCUT2D eigenvalue weighted by Crippen LogP contribution is 2.36. The van der Waals surface area contributed by atoms with E-state index in [1.54, 1.807) is 12.3 Å². The molecule has 0 radical (unpaired) electrons. The largest absolute Gasteiger partial charge is 0.462 e. The second kappa shape index (κ2) is 9.81. The Labute approximate surface area is 232 Å². The zero-order valence-electron chi connectivity index (χ0n) is 23.3. The highest BCUT2D eigenvalue weighted by atomic mass is 19.1. The molecule has 10 nitrogen and oxygen atoms in total. The number of pyridine rings is 2. The highest BCUT2D eigenvalue weighted by molar-refractivity contribution is 5.97. The first-order chi connectivity index (χ1) is 19.4. The van der Waals surface area contributed by atoms with Gasteiger partial charge < -0.3 is 25.3 Å². The lowest BCUT2D eigenvalue weighted by atomic mass is 10.1. The predicted octanol–water partition coefficient (Wildman–Crippen LogP) is 3.49. The summed E-state index contributed by atoms with van der Waals surface area (Å²) < 4.78 is 24.6. The Balaban J connectivity index is 1.32. The van der Waals surface area contributed by atoms with Crippen molar-refractivity contribution >= 4 is 33.6 Å². The van der Waals surface area contributed by atoms with Crippen LogP contribution in [0.3, 0.4) is 0 Å². The molecule has 3 N–H and O–H groups in total. The molecule has 3 fully saturated rings. The van der Waals surface area contributed by atoms with Crippen molar-refractivity contribution in [3.63, 3.8) is 0 Å². The number of nitrogens with one attached hydrogen (secondary N) is 1. The Morgan fingerprint density at radius 1 is 1.10 bits per heavy atom. The zero-order chi connectivity index (χ0) is 27.5. The molecule has 4 aromatic rings. The second-order valence-corrected chi connectivity index (χ2v) is 11.8. The van der Waals surface area contributed by atoms with Gasteiger partial charge >= 0.3 is 6.01 Å². The molecule has 0 amide bonds. The van der Waals surface area contributed by atoms with E-state index in [9.17, 15) is 0 Å². The molecule has 11 heteroatoms. The number of aromatic nitrogens is 5. The van der Waals surface area contributed by atoms with Crippen LogP contribution < -0.4 is 20.7 Å². The van der Waals surface area contributed by atoms with E-state index < -0.39 is 5.82 Å². The number of likely N-dealkylation sites (tertiary alicyclic amines) is 1. The Bertz CT molecular complexity index is 1580. The third-order valence-electron chi connectivity index (χ3n) is 8.76. The van der Waals surface area contributed by atoms with E-state index in [4.69, 9.17) is 15.5 Å². The molecule has 3 saturated heterocycles. The lowest BCUT2D eigenvalue weighted by Gasteiger charge is -2.34. The average molecular weight is 546 g/mol. The molecule has 2 unspecified atom stereocenters. The number of nitrogens with two attached hydrogens (primary N) is 1. The van der Waals surface area contributed by atoms with Gasteiger partial charge in [-0.2, -0.15) is 9.97 Å². The van der Waals surface area contributed by atoms with Crippen molar-refractivity contribution in [3.05, 3.63) is 30.3 Å². The minimum Gasteiger partial charge on any atom is -0.462 e. The molecule has 3 aliphatic rings. The third kappa shape index (κ3) is 4.32. The van der Waals surface area contributed by atoms with Crippen LogP contribution in [0.4, 0.5) is 16.0 Å². The number of hydrogen-bond acceptors (Lipinski definition) is 9. The number of rotatable bonds is 6.